The van der Waals surface area contributed by atoms with E-state index in [1.807, 2.05) is 0 Å². The van der Waals surface area contributed by atoms with Crippen molar-refractivity contribution in [1.82, 2.24) is 0 Å². The van der Waals surface area contributed by atoms with Gasteiger partial charge in [-0.15, -0.1) is 0 Å². The summed E-state index contributed by atoms with van der Waals surface area (Å²) >= 11 is 0. The topological polar surface area (TPSA) is 77.8 Å². The number of phosphoric acid groups is 1. The summed E-state index contributed by atoms with van der Waals surface area (Å²) in [5.74, 6) is 0. The second-order valence-corrected chi connectivity index (χ2v) is 1.54. The Labute approximate surface area is 108 Å². The van der Waals surface area contributed by atoms with Crippen LogP contribution in [0, 0.1) is 39.9 Å². The zero-order valence-electron chi connectivity index (χ0n) is 2.55. The number of rotatable bonds is 0. The van der Waals surface area contributed by atoms with Gasteiger partial charge >= 0.3 is 33.7 Å². The van der Waals surface area contributed by atoms with Crippen molar-refractivity contribution < 1.29 is 59.2 Å². The average Bonchev–Trinajstić information content (AvgIpc) is 0.722. The molecule has 4 nitrogen and oxygen atoms in total. The van der Waals surface area contributed by atoms with E-state index in [0.717, 1.165) is 0 Å². The maximum absolute atomic E-state index is 8.88. The fourth-order valence-electron chi connectivity index (χ4n) is 0. The van der Waals surface area contributed by atoms with Gasteiger partial charge in [-0.25, -0.2) is 4.57 Å². The van der Waals surface area contributed by atoms with Gasteiger partial charge in [0.25, 0.3) is 0 Å². The third-order valence-electron chi connectivity index (χ3n) is 0. The van der Waals surface area contributed by atoms with Crippen molar-refractivity contribution in [3.63, 3.8) is 0 Å². The molecule has 0 amide bonds. The Bertz CT molecular complexity index is 62.2. The third-order valence-corrected chi connectivity index (χ3v) is 0. The molecule has 0 radical (unpaired) electrons. The molecule has 0 rings (SSSR count). The van der Waals surface area contributed by atoms with Crippen LogP contribution in [0.2, 0.25) is 0 Å². The molecular formula is H9AlGdInO4P. The second kappa shape index (κ2) is 9.84. The predicted octanol–water partition coefficient (Wildman–Crippen LogP) is -3.30. The molecule has 0 saturated carbocycles. The van der Waals surface area contributed by atoms with E-state index in [4.69, 9.17) is 19.2 Å². The van der Waals surface area contributed by atoms with Crippen molar-refractivity contribution >= 4 is 51.0 Å². The van der Waals surface area contributed by atoms with E-state index in [2.05, 4.69) is 0 Å². The summed E-state index contributed by atoms with van der Waals surface area (Å²) in [4.78, 5) is 21.6. The van der Waals surface area contributed by atoms with Crippen molar-refractivity contribution in [2.45, 2.75) is 0 Å². The first-order valence-corrected chi connectivity index (χ1v) is 2.35. The van der Waals surface area contributed by atoms with Gasteiger partial charge in [0.2, 0.25) is 0 Å². The minimum absolute atomic E-state index is 0. The van der Waals surface area contributed by atoms with Gasteiger partial charge in [0, 0.05) is 39.9 Å². The van der Waals surface area contributed by atoms with Crippen LogP contribution in [0.3, 0.4) is 0 Å². The molecule has 0 bridgehead atoms. The van der Waals surface area contributed by atoms with Gasteiger partial charge in [0.1, 0.15) is 0 Å². The van der Waals surface area contributed by atoms with Crippen LogP contribution in [0.15, 0.2) is 0 Å². The average molecular weight is 403 g/mol. The van der Waals surface area contributed by atoms with Gasteiger partial charge in [0.05, 0.1) is 0 Å². The molecule has 0 heterocycles. The van der Waals surface area contributed by atoms with Gasteiger partial charge in [-0.05, 0) is 0 Å². The van der Waals surface area contributed by atoms with Gasteiger partial charge in [0.15, 0.2) is 17.4 Å². The van der Waals surface area contributed by atoms with Crippen LogP contribution >= 0.6 is 7.82 Å². The molecule has 0 aliphatic carbocycles. The molecule has 3 N–H and O–H groups in total. The summed E-state index contributed by atoms with van der Waals surface area (Å²) in [5, 5.41) is 0. The molecule has 0 unspecified atom stereocenters. The molecule has 0 spiro atoms. The molecule has 0 aliphatic rings. The Kier molecular flexibility index (Phi) is 27.6. The monoisotopic (exact) mass is 404 g/mol. The van der Waals surface area contributed by atoms with Crippen molar-refractivity contribution in [1.29, 1.82) is 0 Å². The fourth-order valence-corrected chi connectivity index (χ4v) is 0. The zero-order chi connectivity index (χ0) is 4.50. The first-order chi connectivity index (χ1) is 2.00. The van der Waals surface area contributed by atoms with Gasteiger partial charge in [-0.2, -0.15) is 0 Å². The summed E-state index contributed by atoms with van der Waals surface area (Å²) in [6.07, 6.45) is 0. The van der Waals surface area contributed by atoms with Crippen LogP contribution in [0.1, 0.15) is 0 Å². The van der Waals surface area contributed by atoms with Crippen molar-refractivity contribution in [3.05, 3.63) is 0 Å². The quantitative estimate of drug-likeness (QED) is 0.293. The Balaban J connectivity index is -0.0000000267. The summed E-state index contributed by atoms with van der Waals surface area (Å²) in [6.45, 7) is 0. The van der Waals surface area contributed by atoms with E-state index < -0.39 is 7.82 Å². The molecule has 52 valence electrons. The van der Waals surface area contributed by atoms with E-state index in [1.54, 1.807) is 0 Å². The molecule has 8 heavy (non-hydrogen) atoms. The summed E-state index contributed by atoms with van der Waals surface area (Å²) in [5.41, 5.74) is 0. The van der Waals surface area contributed by atoms with Gasteiger partial charge < -0.3 is 14.7 Å². The van der Waals surface area contributed by atoms with Crippen molar-refractivity contribution in [2.24, 2.45) is 0 Å². The van der Waals surface area contributed by atoms with E-state index in [9.17, 15) is 0 Å². The summed E-state index contributed by atoms with van der Waals surface area (Å²) in [6, 6.07) is 0. The molecule has 8 heteroatoms. The Hall–Kier alpha value is 2.84. The summed E-state index contributed by atoms with van der Waals surface area (Å²) in [7, 11) is -4.64. The Morgan fingerprint density at radius 3 is 1.12 bits per heavy atom. The maximum atomic E-state index is 8.88. The van der Waals surface area contributed by atoms with Crippen molar-refractivity contribution in [2.75, 3.05) is 0 Å². The molecular weight excluding hydrogens is 394 g/mol. The van der Waals surface area contributed by atoms with Crippen LogP contribution in [-0.2, 0) is 4.57 Å². The first kappa shape index (κ1) is 22.4. The third kappa shape index (κ3) is 67.4. The van der Waals surface area contributed by atoms with E-state index in [0.29, 0.717) is 0 Å². The first-order valence-electron chi connectivity index (χ1n) is 0.783. The molecule has 0 saturated heterocycles. The van der Waals surface area contributed by atoms with E-state index in [-0.39, 0.29) is 83.1 Å². The van der Waals surface area contributed by atoms with Crippen LogP contribution in [0.5, 0.6) is 0 Å². The SMILES string of the molecule is O=P(O)(O)O.[AlH3].[Gd].[InH3]. The molecule has 0 atom stereocenters. The van der Waals surface area contributed by atoms with Crippen LogP contribution in [-0.4, -0.2) is 57.9 Å². The summed E-state index contributed by atoms with van der Waals surface area (Å²) < 4.78 is 8.88. The number of hydrogen-bond acceptors (Lipinski definition) is 1. The molecule has 0 aliphatic heterocycles. The molecule has 0 fully saturated rings. The molecule has 0 aromatic carbocycles. The minimum atomic E-state index is -4.64. The normalized spacial score (nSPS) is 7.38. The second-order valence-electron chi connectivity index (χ2n) is 0.513. The fraction of sp³-hybridized carbons (Fsp3) is 0. The predicted molar refractivity (Wildman–Crippen MR) is 34.1 cm³/mol. The number of hydrogen-bond donors (Lipinski definition) is 3. The van der Waals surface area contributed by atoms with E-state index >= 15 is 0 Å². The van der Waals surface area contributed by atoms with Crippen LogP contribution in [0.25, 0.3) is 0 Å². The van der Waals surface area contributed by atoms with Gasteiger partial charge in [-0.3, -0.25) is 0 Å². The van der Waals surface area contributed by atoms with Crippen LogP contribution < -0.4 is 0 Å². The Morgan fingerprint density at radius 1 is 1.12 bits per heavy atom. The van der Waals surface area contributed by atoms with Gasteiger partial charge in [-0.1, -0.05) is 0 Å². The van der Waals surface area contributed by atoms with E-state index in [1.165, 1.54) is 0 Å². The standard InChI is InChI=1S/Al.Gd.In.H3O4P.6H/c;;;1-5(2,3)4;;;;;;/h;;;(H3,1,2,3,4);;;;;;. The zero-order valence-corrected chi connectivity index (χ0v) is 5.71. The molecule has 0 aromatic rings. The van der Waals surface area contributed by atoms with Crippen LogP contribution in [0.4, 0.5) is 0 Å². The Morgan fingerprint density at radius 2 is 1.12 bits per heavy atom. The van der Waals surface area contributed by atoms with Crippen molar-refractivity contribution in [3.8, 4) is 0 Å². The molecule has 0 aromatic heterocycles.